The Hall–Kier alpha value is -1.36. The summed E-state index contributed by atoms with van der Waals surface area (Å²) in [4.78, 5) is 21.0. The van der Waals surface area contributed by atoms with Gasteiger partial charge in [-0.05, 0) is 41.2 Å². The molecule has 1 rings (SSSR count). The van der Waals surface area contributed by atoms with Crippen LogP contribution in [0, 0.1) is 6.92 Å². The highest BCUT2D eigenvalue weighted by Crippen LogP contribution is 2.16. The number of aromatic nitrogens is 2. The lowest BCUT2D eigenvalue weighted by molar-refractivity contribution is -0.120. The lowest BCUT2D eigenvalue weighted by Crippen LogP contribution is -2.47. The largest absolute Gasteiger partial charge is 0.351 e. The van der Waals surface area contributed by atoms with Gasteiger partial charge >= 0.3 is 0 Å². The molecule has 108 valence electrons. The second kappa shape index (κ2) is 6.19. The second-order valence-electron chi connectivity index (χ2n) is 6.05. The zero-order valence-corrected chi connectivity index (χ0v) is 12.9. The van der Waals surface area contributed by atoms with Gasteiger partial charge in [0.05, 0.1) is 6.54 Å². The van der Waals surface area contributed by atoms with Crippen LogP contribution in [0.15, 0.2) is 6.20 Å². The maximum Gasteiger partial charge on any atom is 0.217 e. The van der Waals surface area contributed by atoms with Crippen LogP contribution in [0.2, 0.25) is 0 Å². The van der Waals surface area contributed by atoms with Crippen molar-refractivity contribution in [3.8, 4) is 0 Å². The second-order valence-corrected chi connectivity index (χ2v) is 6.05. The molecule has 19 heavy (non-hydrogen) atoms. The minimum atomic E-state index is -0.196. The Kier molecular flexibility index (Phi) is 5.11. The van der Waals surface area contributed by atoms with Crippen LogP contribution < -0.4 is 5.32 Å². The van der Waals surface area contributed by atoms with Gasteiger partial charge in [-0.25, -0.2) is 4.98 Å². The van der Waals surface area contributed by atoms with E-state index in [1.54, 1.807) is 6.92 Å². The minimum Gasteiger partial charge on any atom is -0.351 e. The van der Waals surface area contributed by atoms with Crippen LogP contribution in [0.3, 0.4) is 0 Å². The van der Waals surface area contributed by atoms with Gasteiger partial charge in [0.1, 0.15) is 5.82 Å². The summed E-state index contributed by atoms with van der Waals surface area (Å²) in [5.74, 6) is 0.991. The van der Waals surface area contributed by atoms with E-state index in [-0.39, 0.29) is 11.4 Å². The zero-order chi connectivity index (χ0) is 14.6. The van der Waals surface area contributed by atoms with Gasteiger partial charge in [0.25, 0.3) is 0 Å². The molecule has 0 aliphatic rings. The zero-order valence-electron chi connectivity index (χ0n) is 12.9. The minimum absolute atomic E-state index is 0.0153. The molecule has 5 nitrogen and oxygen atoms in total. The van der Waals surface area contributed by atoms with Crippen molar-refractivity contribution in [3.05, 3.63) is 17.7 Å². The number of aryl methyl sites for hydroxylation is 1. The summed E-state index contributed by atoms with van der Waals surface area (Å²) in [6.45, 7) is 10.6. The lowest BCUT2D eigenvalue weighted by atomic mass is 9.95. The van der Waals surface area contributed by atoms with E-state index in [1.165, 1.54) is 0 Å². The Balaban J connectivity index is 2.52. The predicted octanol–water partition coefficient (Wildman–Crippen LogP) is 1.84. The summed E-state index contributed by atoms with van der Waals surface area (Å²) >= 11 is 0. The third kappa shape index (κ3) is 5.42. The number of H-pyrrole nitrogens is 1. The number of amides is 1. The van der Waals surface area contributed by atoms with Gasteiger partial charge < -0.3 is 10.3 Å². The maximum absolute atomic E-state index is 11.2. The Bertz CT molecular complexity index is 425. The van der Waals surface area contributed by atoms with E-state index in [4.69, 9.17) is 0 Å². The third-order valence-electron chi connectivity index (χ3n) is 3.23. The molecule has 0 aromatic carbocycles. The fourth-order valence-corrected chi connectivity index (χ4v) is 2.36. The van der Waals surface area contributed by atoms with Crippen LogP contribution in [0.25, 0.3) is 0 Å². The van der Waals surface area contributed by atoms with Gasteiger partial charge in [0.15, 0.2) is 0 Å². The summed E-state index contributed by atoms with van der Waals surface area (Å²) in [7, 11) is 2.08. The van der Waals surface area contributed by atoms with E-state index in [1.807, 2.05) is 13.1 Å². The molecule has 0 saturated heterocycles. The fourth-order valence-electron chi connectivity index (χ4n) is 2.36. The van der Waals surface area contributed by atoms with Crippen molar-refractivity contribution < 1.29 is 4.79 Å². The smallest absolute Gasteiger partial charge is 0.217 e. The standard InChI is InChI=1S/C14H26N4O/c1-10-8-15-13(16-10)9-18(6)11(2)7-14(4,5)17-12(3)19/h8,11H,7,9H2,1-6H3,(H,15,16)(H,17,19). The molecule has 1 aromatic rings. The molecule has 5 heteroatoms. The number of imidazole rings is 1. The highest BCUT2D eigenvalue weighted by atomic mass is 16.1. The SMILES string of the molecule is CC(=O)NC(C)(C)CC(C)N(C)Cc1ncc(C)[nH]1. The predicted molar refractivity (Wildman–Crippen MR) is 76.8 cm³/mol. The molecule has 2 N–H and O–H groups in total. The van der Waals surface area contributed by atoms with Crippen LogP contribution in [-0.2, 0) is 11.3 Å². The average Bonchev–Trinajstić information content (AvgIpc) is 2.60. The monoisotopic (exact) mass is 266 g/mol. The van der Waals surface area contributed by atoms with Crippen molar-refractivity contribution in [1.29, 1.82) is 0 Å². The van der Waals surface area contributed by atoms with Gasteiger partial charge in [-0.2, -0.15) is 0 Å². The average molecular weight is 266 g/mol. The highest BCUT2D eigenvalue weighted by molar-refractivity contribution is 5.73. The highest BCUT2D eigenvalue weighted by Gasteiger charge is 2.24. The molecule has 1 amide bonds. The van der Waals surface area contributed by atoms with Crippen molar-refractivity contribution >= 4 is 5.91 Å². The number of nitrogens with one attached hydrogen (secondary N) is 2. The van der Waals surface area contributed by atoms with Gasteiger partial charge in [-0.1, -0.05) is 0 Å². The van der Waals surface area contributed by atoms with Crippen molar-refractivity contribution in [2.24, 2.45) is 0 Å². The maximum atomic E-state index is 11.2. The van der Waals surface area contributed by atoms with E-state index in [2.05, 4.69) is 48.0 Å². The Morgan fingerprint density at radius 3 is 2.68 bits per heavy atom. The van der Waals surface area contributed by atoms with Gasteiger partial charge in [0.2, 0.25) is 5.91 Å². The molecule has 0 saturated carbocycles. The first kappa shape index (κ1) is 15.7. The van der Waals surface area contributed by atoms with Crippen molar-refractivity contribution in [2.45, 2.75) is 59.2 Å². The lowest BCUT2D eigenvalue weighted by Gasteiger charge is -2.33. The van der Waals surface area contributed by atoms with Crippen LogP contribution in [0.5, 0.6) is 0 Å². The van der Waals surface area contributed by atoms with Crippen LogP contribution in [0.4, 0.5) is 0 Å². The van der Waals surface area contributed by atoms with E-state index < -0.39 is 0 Å². The summed E-state index contributed by atoms with van der Waals surface area (Å²) in [5.41, 5.74) is 0.883. The Morgan fingerprint density at radius 1 is 1.58 bits per heavy atom. The van der Waals surface area contributed by atoms with Crippen molar-refractivity contribution in [2.75, 3.05) is 7.05 Å². The van der Waals surface area contributed by atoms with E-state index in [0.717, 1.165) is 24.5 Å². The first-order valence-electron chi connectivity index (χ1n) is 6.69. The van der Waals surface area contributed by atoms with Gasteiger partial charge in [-0.15, -0.1) is 0 Å². The number of carbonyl (C=O) groups is 1. The van der Waals surface area contributed by atoms with E-state index in [0.29, 0.717) is 6.04 Å². The number of nitrogens with zero attached hydrogens (tertiary/aromatic N) is 2. The van der Waals surface area contributed by atoms with Crippen molar-refractivity contribution in [1.82, 2.24) is 20.2 Å². The summed E-state index contributed by atoms with van der Waals surface area (Å²) in [6.07, 6.45) is 2.73. The number of rotatable bonds is 6. The number of hydrogen-bond acceptors (Lipinski definition) is 3. The molecule has 0 aliphatic heterocycles. The summed E-state index contributed by atoms with van der Waals surface area (Å²) < 4.78 is 0. The molecule has 0 fully saturated rings. The van der Waals surface area contributed by atoms with Crippen LogP contribution in [-0.4, -0.2) is 39.4 Å². The number of aromatic amines is 1. The molecule has 0 bridgehead atoms. The molecule has 1 aromatic heterocycles. The van der Waals surface area contributed by atoms with Crippen LogP contribution in [0.1, 0.15) is 45.6 Å². The normalized spacial score (nSPS) is 13.6. The molecule has 1 atom stereocenters. The molecule has 0 aliphatic carbocycles. The van der Waals surface area contributed by atoms with E-state index in [9.17, 15) is 4.79 Å². The molecular formula is C14H26N4O. The number of hydrogen-bond donors (Lipinski definition) is 2. The molecular weight excluding hydrogens is 240 g/mol. The summed E-state index contributed by atoms with van der Waals surface area (Å²) in [6, 6.07) is 0.354. The quantitative estimate of drug-likeness (QED) is 0.826. The Labute approximate surface area is 115 Å². The van der Waals surface area contributed by atoms with Gasteiger partial charge in [0, 0.05) is 30.4 Å². The topological polar surface area (TPSA) is 61.0 Å². The summed E-state index contributed by atoms with van der Waals surface area (Å²) in [5, 5.41) is 2.98. The Morgan fingerprint density at radius 2 is 2.21 bits per heavy atom. The van der Waals surface area contributed by atoms with E-state index >= 15 is 0 Å². The van der Waals surface area contributed by atoms with Crippen LogP contribution >= 0.6 is 0 Å². The molecule has 0 radical (unpaired) electrons. The van der Waals surface area contributed by atoms with Gasteiger partial charge in [-0.3, -0.25) is 9.69 Å². The third-order valence-corrected chi connectivity index (χ3v) is 3.23. The van der Waals surface area contributed by atoms with Crippen molar-refractivity contribution in [3.63, 3.8) is 0 Å². The molecule has 1 unspecified atom stereocenters. The molecule has 1 heterocycles. The number of carbonyl (C=O) groups excluding carboxylic acids is 1. The first-order valence-corrected chi connectivity index (χ1v) is 6.69. The fraction of sp³-hybridized carbons (Fsp3) is 0.714. The molecule has 0 spiro atoms. The first-order chi connectivity index (χ1) is 8.69.